The van der Waals surface area contributed by atoms with Crippen LogP contribution in [0.4, 0.5) is 0 Å². The SMILES string of the molecule is CCOC(=O)C(CCN(CCOC)C(C)C)NC. The monoisotopic (exact) mass is 260 g/mol. The maximum absolute atomic E-state index is 11.6. The van der Waals surface area contributed by atoms with Crippen LogP contribution in [0.3, 0.4) is 0 Å². The zero-order valence-electron chi connectivity index (χ0n) is 12.4. The summed E-state index contributed by atoms with van der Waals surface area (Å²) in [5.41, 5.74) is 0. The molecule has 0 amide bonds. The first kappa shape index (κ1) is 17.4. The highest BCUT2D eigenvalue weighted by atomic mass is 16.5. The quantitative estimate of drug-likeness (QED) is 0.591. The summed E-state index contributed by atoms with van der Waals surface area (Å²) in [6, 6.07) is 0.216. The highest BCUT2D eigenvalue weighted by Crippen LogP contribution is 2.03. The van der Waals surface area contributed by atoms with E-state index in [1.807, 2.05) is 6.92 Å². The zero-order valence-corrected chi connectivity index (χ0v) is 12.4. The van der Waals surface area contributed by atoms with Crippen molar-refractivity contribution >= 4 is 5.97 Å². The topological polar surface area (TPSA) is 50.8 Å². The van der Waals surface area contributed by atoms with Crippen molar-refractivity contribution in [1.29, 1.82) is 0 Å². The molecule has 0 heterocycles. The van der Waals surface area contributed by atoms with Crippen LogP contribution >= 0.6 is 0 Å². The summed E-state index contributed by atoms with van der Waals surface area (Å²) in [6.07, 6.45) is 0.747. The van der Waals surface area contributed by atoms with Gasteiger partial charge in [0.1, 0.15) is 6.04 Å². The molecule has 1 N–H and O–H groups in total. The van der Waals surface area contributed by atoms with Gasteiger partial charge in [-0.2, -0.15) is 0 Å². The second kappa shape index (κ2) is 10.3. The van der Waals surface area contributed by atoms with Crippen LogP contribution in [-0.2, 0) is 14.3 Å². The van der Waals surface area contributed by atoms with Gasteiger partial charge in [0, 0.05) is 26.2 Å². The Morgan fingerprint density at radius 3 is 2.44 bits per heavy atom. The Hall–Kier alpha value is -0.650. The summed E-state index contributed by atoms with van der Waals surface area (Å²) in [5, 5.41) is 3.00. The Morgan fingerprint density at radius 2 is 2.00 bits per heavy atom. The molecule has 0 rings (SSSR count). The van der Waals surface area contributed by atoms with Gasteiger partial charge in [-0.3, -0.25) is 9.69 Å². The molecule has 1 unspecified atom stereocenters. The lowest BCUT2D eigenvalue weighted by Crippen LogP contribution is -2.41. The molecule has 0 aliphatic carbocycles. The molecule has 0 saturated heterocycles. The molecule has 0 aromatic rings. The fourth-order valence-corrected chi connectivity index (χ4v) is 1.75. The minimum Gasteiger partial charge on any atom is -0.465 e. The number of methoxy groups -OCH3 is 1. The lowest BCUT2D eigenvalue weighted by Gasteiger charge is -2.27. The maximum atomic E-state index is 11.6. The third-order valence-electron chi connectivity index (χ3n) is 2.94. The molecule has 0 aromatic heterocycles. The molecule has 0 aliphatic rings. The number of carbonyl (C=O) groups is 1. The van der Waals surface area contributed by atoms with Gasteiger partial charge in [-0.15, -0.1) is 0 Å². The van der Waals surface area contributed by atoms with Gasteiger partial charge in [-0.1, -0.05) is 0 Å². The van der Waals surface area contributed by atoms with E-state index in [2.05, 4.69) is 24.1 Å². The molecule has 18 heavy (non-hydrogen) atoms. The third-order valence-corrected chi connectivity index (χ3v) is 2.94. The molecule has 0 fully saturated rings. The molecule has 0 radical (unpaired) electrons. The lowest BCUT2D eigenvalue weighted by atomic mass is 10.2. The minimum atomic E-state index is -0.228. The van der Waals surface area contributed by atoms with Crippen LogP contribution in [0.15, 0.2) is 0 Å². The van der Waals surface area contributed by atoms with Crippen molar-refractivity contribution in [2.75, 3.05) is 40.5 Å². The van der Waals surface area contributed by atoms with Gasteiger partial charge in [-0.25, -0.2) is 0 Å². The van der Waals surface area contributed by atoms with E-state index in [0.29, 0.717) is 19.3 Å². The van der Waals surface area contributed by atoms with Crippen LogP contribution in [-0.4, -0.2) is 63.4 Å². The number of nitrogens with zero attached hydrogens (tertiary/aromatic N) is 1. The standard InChI is InChI=1S/C13H28N2O3/c1-6-18-13(16)12(14-4)7-8-15(11(2)3)9-10-17-5/h11-12,14H,6-10H2,1-5H3. The second-order valence-electron chi connectivity index (χ2n) is 4.50. The third kappa shape index (κ3) is 6.93. The van der Waals surface area contributed by atoms with Crippen LogP contribution < -0.4 is 5.32 Å². The molecule has 0 aliphatic heterocycles. The summed E-state index contributed by atoms with van der Waals surface area (Å²) in [4.78, 5) is 13.9. The lowest BCUT2D eigenvalue weighted by molar-refractivity contribution is -0.145. The number of esters is 1. The summed E-state index contributed by atoms with van der Waals surface area (Å²) in [7, 11) is 3.49. The molecule has 1 atom stereocenters. The summed E-state index contributed by atoms with van der Waals surface area (Å²) < 4.78 is 10.1. The number of rotatable bonds is 10. The van der Waals surface area contributed by atoms with Crippen molar-refractivity contribution in [1.82, 2.24) is 10.2 Å². The minimum absolute atomic E-state index is 0.171. The van der Waals surface area contributed by atoms with Gasteiger partial charge in [0.2, 0.25) is 0 Å². The van der Waals surface area contributed by atoms with Crippen LogP contribution in [0.25, 0.3) is 0 Å². The Bertz CT molecular complexity index is 222. The van der Waals surface area contributed by atoms with Crippen molar-refractivity contribution in [3.05, 3.63) is 0 Å². The van der Waals surface area contributed by atoms with E-state index in [0.717, 1.165) is 19.5 Å². The molecular formula is C13H28N2O3. The number of ether oxygens (including phenoxy) is 2. The molecule has 0 saturated carbocycles. The van der Waals surface area contributed by atoms with Crippen LogP contribution in [0.1, 0.15) is 27.2 Å². The number of nitrogens with one attached hydrogen (secondary N) is 1. The predicted molar refractivity (Wildman–Crippen MR) is 72.7 cm³/mol. The van der Waals surface area contributed by atoms with E-state index in [1.54, 1.807) is 14.2 Å². The van der Waals surface area contributed by atoms with Gasteiger partial charge in [-0.05, 0) is 34.2 Å². The fourth-order valence-electron chi connectivity index (χ4n) is 1.75. The van der Waals surface area contributed by atoms with Crippen LogP contribution in [0.2, 0.25) is 0 Å². The molecule has 5 nitrogen and oxygen atoms in total. The van der Waals surface area contributed by atoms with E-state index in [4.69, 9.17) is 9.47 Å². The van der Waals surface area contributed by atoms with E-state index >= 15 is 0 Å². The van der Waals surface area contributed by atoms with Gasteiger partial charge < -0.3 is 14.8 Å². The number of carbonyl (C=O) groups excluding carboxylic acids is 1. The summed E-state index contributed by atoms with van der Waals surface area (Å²) in [5.74, 6) is -0.171. The number of hydrogen-bond donors (Lipinski definition) is 1. The number of likely N-dealkylation sites (N-methyl/N-ethyl adjacent to an activating group) is 1. The zero-order chi connectivity index (χ0) is 14.0. The molecule has 0 spiro atoms. The van der Waals surface area contributed by atoms with Gasteiger partial charge in [0.25, 0.3) is 0 Å². The Balaban J connectivity index is 4.16. The predicted octanol–water partition coefficient (Wildman–Crippen LogP) is 0.884. The highest BCUT2D eigenvalue weighted by molar-refractivity contribution is 5.75. The van der Waals surface area contributed by atoms with Crippen molar-refractivity contribution in [3.63, 3.8) is 0 Å². The normalized spacial score (nSPS) is 13.1. The highest BCUT2D eigenvalue weighted by Gasteiger charge is 2.19. The van der Waals surface area contributed by atoms with Crippen LogP contribution in [0, 0.1) is 0 Å². The van der Waals surface area contributed by atoms with Crippen molar-refractivity contribution < 1.29 is 14.3 Å². The Kier molecular flexibility index (Phi) is 9.92. The van der Waals surface area contributed by atoms with Crippen molar-refractivity contribution in [2.45, 2.75) is 39.3 Å². The van der Waals surface area contributed by atoms with Crippen molar-refractivity contribution in [3.8, 4) is 0 Å². The average molecular weight is 260 g/mol. The molecular weight excluding hydrogens is 232 g/mol. The Morgan fingerprint density at radius 1 is 1.33 bits per heavy atom. The first-order valence-corrected chi connectivity index (χ1v) is 6.63. The molecule has 5 heteroatoms. The van der Waals surface area contributed by atoms with Crippen molar-refractivity contribution in [2.24, 2.45) is 0 Å². The maximum Gasteiger partial charge on any atom is 0.323 e. The summed E-state index contributed by atoms with van der Waals surface area (Å²) in [6.45, 7) is 8.99. The fraction of sp³-hybridized carbons (Fsp3) is 0.923. The van der Waals surface area contributed by atoms with Gasteiger partial charge in [0.05, 0.1) is 13.2 Å². The second-order valence-corrected chi connectivity index (χ2v) is 4.50. The van der Waals surface area contributed by atoms with Crippen LogP contribution in [0.5, 0.6) is 0 Å². The molecule has 0 bridgehead atoms. The first-order valence-electron chi connectivity index (χ1n) is 6.63. The van der Waals surface area contributed by atoms with E-state index in [1.165, 1.54) is 0 Å². The smallest absolute Gasteiger partial charge is 0.323 e. The van der Waals surface area contributed by atoms with E-state index in [-0.39, 0.29) is 12.0 Å². The van der Waals surface area contributed by atoms with E-state index < -0.39 is 0 Å². The first-order chi connectivity index (χ1) is 8.56. The molecule has 0 aromatic carbocycles. The molecule has 108 valence electrons. The number of hydrogen-bond acceptors (Lipinski definition) is 5. The summed E-state index contributed by atoms with van der Waals surface area (Å²) >= 11 is 0. The Labute approximate surface area is 111 Å². The average Bonchev–Trinajstić information content (AvgIpc) is 2.33. The largest absolute Gasteiger partial charge is 0.465 e. The van der Waals surface area contributed by atoms with E-state index in [9.17, 15) is 4.79 Å². The van der Waals surface area contributed by atoms with Gasteiger partial charge >= 0.3 is 5.97 Å². The van der Waals surface area contributed by atoms with Gasteiger partial charge in [0.15, 0.2) is 0 Å².